The van der Waals surface area contributed by atoms with Gasteiger partial charge in [0.05, 0.1) is 0 Å². The van der Waals surface area contributed by atoms with Crippen molar-refractivity contribution in [2.75, 3.05) is 0 Å². The number of allylic oxidation sites excluding steroid dienone is 2. The van der Waals surface area contributed by atoms with Crippen molar-refractivity contribution in [2.45, 2.75) is 111 Å². The second-order valence-corrected chi connectivity index (χ2v) is 8.05. The van der Waals surface area contributed by atoms with Crippen LogP contribution in [0.5, 0.6) is 0 Å². The second kappa shape index (κ2) is 13.2. The van der Waals surface area contributed by atoms with Gasteiger partial charge in [-0.2, -0.15) is 0 Å². The first-order valence-electron chi connectivity index (χ1n) is 10.4. The molecule has 0 spiro atoms. The fourth-order valence-corrected chi connectivity index (χ4v) is 3.52. The van der Waals surface area contributed by atoms with E-state index >= 15 is 0 Å². The minimum absolute atomic E-state index is 0.896. The molecule has 0 saturated heterocycles. The van der Waals surface area contributed by atoms with Gasteiger partial charge in [0.1, 0.15) is 0 Å². The van der Waals surface area contributed by atoms with Crippen LogP contribution in [0.15, 0.2) is 12.2 Å². The summed E-state index contributed by atoms with van der Waals surface area (Å²) in [5.74, 6) is 3.03. The third-order valence-electron chi connectivity index (χ3n) is 5.26. The van der Waals surface area contributed by atoms with Crippen LogP contribution in [-0.2, 0) is 0 Å². The predicted octanol–water partition coefficient (Wildman–Crippen LogP) is 7.93. The summed E-state index contributed by atoms with van der Waals surface area (Å²) in [6, 6.07) is 0. The lowest BCUT2D eigenvalue weighted by molar-refractivity contribution is 0.502. The molecule has 1 fully saturated rings. The largest absolute Gasteiger partial charge is 0.0885 e. The highest BCUT2D eigenvalue weighted by Gasteiger charge is 2.34. The zero-order valence-corrected chi connectivity index (χ0v) is 15.8. The van der Waals surface area contributed by atoms with Crippen LogP contribution in [0.2, 0.25) is 0 Å². The van der Waals surface area contributed by atoms with E-state index in [1.807, 2.05) is 0 Å². The van der Waals surface area contributed by atoms with Crippen LogP contribution in [0.3, 0.4) is 0 Å². The summed E-state index contributed by atoms with van der Waals surface area (Å²) in [6.45, 7) is 6.96. The second-order valence-electron chi connectivity index (χ2n) is 8.05. The maximum Gasteiger partial charge on any atom is -0.0319 e. The Kier molecular flexibility index (Phi) is 11.9. The molecule has 1 rings (SSSR count). The minimum Gasteiger partial charge on any atom is -0.0885 e. The molecule has 1 aliphatic carbocycles. The Balaban J connectivity index is 1.80. The van der Waals surface area contributed by atoms with Gasteiger partial charge in [0.25, 0.3) is 0 Å². The van der Waals surface area contributed by atoms with Crippen molar-refractivity contribution in [3.63, 3.8) is 0 Å². The lowest BCUT2D eigenvalue weighted by atomic mass is 10.0. The van der Waals surface area contributed by atoms with E-state index < -0.39 is 0 Å². The van der Waals surface area contributed by atoms with Crippen molar-refractivity contribution < 1.29 is 0 Å². The van der Waals surface area contributed by atoms with Gasteiger partial charge in [-0.05, 0) is 43.4 Å². The van der Waals surface area contributed by atoms with E-state index in [2.05, 4.69) is 32.9 Å². The van der Waals surface area contributed by atoms with Crippen LogP contribution in [0.1, 0.15) is 111 Å². The summed E-state index contributed by atoms with van der Waals surface area (Å²) < 4.78 is 0. The fraction of sp³-hybridized carbons (Fsp3) is 0.909. The number of hydrogen-bond donors (Lipinski definition) is 0. The van der Waals surface area contributed by atoms with Gasteiger partial charge in [0.2, 0.25) is 0 Å². The molecule has 0 heterocycles. The summed E-state index contributed by atoms with van der Waals surface area (Å²) in [4.78, 5) is 0. The highest BCUT2D eigenvalue weighted by Crippen LogP contribution is 2.45. The molecule has 2 atom stereocenters. The summed E-state index contributed by atoms with van der Waals surface area (Å²) >= 11 is 0. The molecule has 2 unspecified atom stereocenters. The van der Waals surface area contributed by atoms with E-state index in [0.717, 1.165) is 17.8 Å². The smallest absolute Gasteiger partial charge is 0.0319 e. The summed E-state index contributed by atoms with van der Waals surface area (Å²) in [5, 5.41) is 0. The van der Waals surface area contributed by atoms with E-state index in [-0.39, 0.29) is 0 Å². The quantitative estimate of drug-likeness (QED) is 0.213. The molecular weight excluding hydrogens is 264 g/mol. The van der Waals surface area contributed by atoms with Crippen molar-refractivity contribution in [2.24, 2.45) is 17.8 Å². The molecule has 130 valence electrons. The Bertz CT molecular complexity index is 263. The van der Waals surface area contributed by atoms with E-state index in [1.54, 1.807) is 0 Å². The number of hydrogen-bond acceptors (Lipinski definition) is 0. The number of unbranched alkanes of at least 4 members (excludes halogenated alkanes) is 8. The van der Waals surface area contributed by atoms with Crippen LogP contribution >= 0.6 is 0 Å². The van der Waals surface area contributed by atoms with Gasteiger partial charge in [-0.15, -0.1) is 0 Å². The Morgan fingerprint density at radius 1 is 0.818 bits per heavy atom. The van der Waals surface area contributed by atoms with E-state index in [0.29, 0.717) is 0 Å². The Labute approximate surface area is 141 Å². The van der Waals surface area contributed by atoms with Crippen molar-refractivity contribution in [3.05, 3.63) is 12.2 Å². The molecule has 0 bridgehead atoms. The minimum atomic E-state index is 0.896. The van der Waals surface area contributed by atoms with E-state index in [9.17, 15) is 0 Å². The molecule has 0 aromatic rings. The molecular formula is C22H42. The highest BCUT2D eigenvalue weighted by atomic mass is 14.4. The molecule has 0 aromatic heterocycles. The standard InChI is InChI=1S/C22H42/c1-4-5-6-7-11-14-17-21-19-22(21)18-15-12-9-8-10-13-16-20(2)3/h11,14,20-22H,4-10,12-13,15-19H2,1-3H3/b14-11-. The van der Waals surface area contributed by atoms with Crippen LogP contribution in [0, 0.1) is 17.8 Å². The third-order valence-corrected chi connectivity index (χ3v) is 5.26. The highest BCUT2D eigenvalue weighted by molar-refractivity contribution is 4.93. The van der Waals surface area contributed by atoms with Crippen LogP contribution < -0.4 is 0 Å². The monoisotopic (exact) mass is 306 g/mol. The summed E-state index contributed by atoms with van der Waals surface area (Å²) in [6.07, 6.45) is 25.0. The van der Waals surface area contributed by atoms with Gasteiger partial charge >= 0.3 is 0 Å². The lowest BCUT2D eigenvalue weighted by Gasteiger charge is -2.04. The predicted molar refractivity (Wildman–Crippen MR) is 101 cm³/mol. The molecule has 0 radical (unpaired) electrons. The van der Waals surface area contributed by atoms with Crippen molar-refractivity contribution in [1.29, 1.82) is 0 Å². The molecule has 0 nitrogen and oxygen atoms in total. The molecule has 22 heavy (non-hydrogen) atoms. The zero-order valence-electron chi connectivity index (χ0n) is 15.8. The third kappa shape index (κ3) is 11.3. The van der Waals surface area contributed by atoms with Gasteiger partial charge in [-0.3, -0.25) is 0 Å². The van der Waals surface area contributed by atoms with Crippen molar-refractivity contribution in [1.82, 2.24) is 0 Å². The van der Waals surface area contributed by atoms with Gasteiger partial charge in [-0.1, -0.05) is 97.1 Å². The SMILES string of the molecule is CCCCC/C=C\CC1CC1CCCCCCCCC(C)C. The van der Waals surface area contributed by atoms with Crippen LogP contribution in [0.4, 0.5) is 0 Å². The molecule has 1 saturated carbocycles. The van der Waals surface area contributed by atoms with E-state index in [4.69, 9.17) is 0 Å². The molecule has 0 N–H and O–H groups in total. The maximum atomic E-state index is 2.47. The molecule has 0 amide bonds. The fourth-order valence-electron chi connectivity index (χ4n) is 3.52. The normalized spacial score (nSPS) is 21.1. The first-order chi connectivity index (χ1) is 10.7. The lowest BCUT2D eigenvalue weighted by Crippen LogP contribution is -1.88. The summed E-state index contributed by atoms with van der Waals surface area (Å²) in [5.41, 5.74) is 0. The Morgan fingerprint density at radius 2 is 1.55 bits per heavy atom. The van der Waals surface area contributed by atoms with Crippen molar-refractivity contribution in [3.8, 4) is 0 Å². The van der Waals surface area contributed by atoms with Gasteiger partial charge in [0, 0.05) is 0 Å². The summed E-state index contributed by atoms with van der Waals surface area (Å²) in [7, 11) is 0. The van der Waals surface area contributed by atoms with Gasteiger partial charge in [-0.25, -0.2) is 0 Å². The zero-order chi connectivity index (χ0) is 16.0. The Hall–Kier alpha value is -0.260. The molecule has 0 aromatic carbocycles. The van der Waals surface area contributed by atoms with Crippen molar-refractivity contribution >= 4 is 0 Å². The topological polar surface area (TPSA) is 0 Å². The van der Waals surface area contributed by atoms with Gasteiger partial charge in [0.15, 0.2) is 0 Å². The van der Waals surface area contributed by atoms with E-state index in [1.165, 1.54) is 89.9 Å². The maximum absolute atomic E-state index is 2.47. The van der Waals surface area contributed by atoms with Crippen LogP contribution in [0.25, 0.3) is 0 Å². The average molecular weight is 307 g/mol. The Morgan fingerprint density at radius 3 is 2.27 bits per heavy atom. The van der Waals surface area contributed by atoms with Crippen LogP contribution in [-0.4, -0.2) is 0 Å². The first kappa shape index (κ1) is 19.8. The average Bonchev–Trinajstić information content (AvgIpc) is 3.23. The molecule has 0 heteroatoms. The number of rotatable bonds is 15. The first-order valence-corrected chi connectivity index (χ1v) is 10.4. The molecule has 1 aliphatic rings. The van der Waals surface area contributed by atoms with Gasteiger partial charge < -0.3 is 0 Å². The molecule has 0 aliphatic heterocycles.